The van der Waals surface area contributed by atoms with E-state index < -0.39 is 8.32 Å². The summed E-state index contributed by atoms with van der Waals surface area (Å²) in [7, 11) is 0.560. The number of hydrogen-bond acceptors (Lipinski definition) is 2. The minimum atomic E-state index is -1.27. The average molecular weight is 175 g/mol. The van der Waals surface area contributed by atoms with E-state index in [4.69, 9.17) is 10.2 Å². The molecule has 0 saturated heterocycles. The molecule has 0 amide bonds. The molecule has 0 aromatic heterocycles. The summed E-state index contributed by atoms with van der Waals surface area (Å²) >= 11 is 0. The zero-order valence-corrected chi connectivity index (χ0v) is 9.02. The molecule has 0 atom stereocenters. The molecule has 68 valence electrons. The molecule has 0 unspecified atom stereocenters. The van der Waals surface area contributed by atoms with E-state index in [9.17, 15) is 0 Å². The van der Waals surface area contributed by atoms with E-state index in [-0.39, 0.29) is 0 Å². The molecule has 2 nitrogen and oxygen atoms in total. The van der Waals surface area contributed by atoms with Crippen LogP contribution in [0.4, 0.5) is 0 Å². The van der Waals surface area contributed by atoms with Gasteiger partial charge in [0.25, 0.3) is 0 Å². The maximum Gasteiger partial charge on any atom is 0.186 e. The fraction of sp³-hybridized carbons (Fsp3) is 1.00. The van der Waals surface area contributed by atoms with Crippen molar-refractivity contribution >= 4 is 8.32 Å². The van der Waals surface area contributed by atoms with Gasteiger partial charge in [-0.15, -0.1) is 0 Å². The molecular weight excluding hydrogens is 154 g/mol. The Morgan fingerprint density at radius 1 is 1.18 bits per heavy atom. The van der Waals surface area contributed by atoms with Crippen molar-refractivity contribution in [3.8, 4) is 0 Å². The zero-order valence-electron chi connectivity index (χ0n) is 8.02. The Kier molecular flexibility index (Phi) is 5.82. The van der Waals surface area contributed by atoms with Crippen molar-refractivity contribution in [2.45, 2.75) is 38.4 Å². The van der Waals surface area contributed by atoms with Crippen molar-refractivity contribution in [2.24, 2.45) is 5.73 Å². The lowest BCUT2D eigenvalue weighted by molar-refractivity contribution is 0.401. The first-order valence-electron chi connectivity index (χ1n) is 4.37. The fourth-order valence-electron chi connectivity index (χ4n) is 0.974. The lowest BCUT2D eigenvalue weighted by Crippen LogP contribution is -2.27. The minimum absolute atomic E-state index is 0.828. The van der Waals surface area contributed by atoms with Gasteiger partial charge in [0.15, 0.2) is 8.32 Å². The van der Waals surface area contributed by atoms with Crippen LogP contribution in [-0.4, -0.2) is 22.0 Å². The summed E-state index contributed by atoms with van der Waals surface area (Å²) in [5.41, 5.74) is 5.39. The van der Waals surface area contributed by atoms with Crippen LogP contribution < -0.4 is 5.73 Å². The summed E-state index contributed by atoms with van der Waals surface area (Å²) in [4.78, 5) is 0. The first-order valence-corrected chi connectivity index (χ1v) is 7.49. The standard InChI is InChI=1S/C8H21NOSi/c1-10-11(2,3)8-6-4-5-7-9/h4-9H2,1-3H3. The average Bonchev–Trinajstić information content (AvgIpc) is 1.99. The van der Waals surface area contributed by atoms with Gasteiger partial charge in [-0.3, -0.25) is 0 Å². The first-order chi connectivity index (χ1) is 5.12. The van der Waals surface area contributed by atoms with Crippen LogP contribution in [0.2, 0.25) is 19.1 Å². The van der Waals surface area contributed by atoms with Gasteiger partial charge < -0.3 is 10.2 Å². The molecule has 0 fully saturated rings. The monoisotopic (exact) mass is 175 g/mol. The van der Waals surface area contributed by atoms with Gasteiger partial charge in [-0.1, -0.05) is 12.8 Å². The summed E-state index contributed by atoms with van der Waals surface area (Å²) in [6, 6.07) is 1.27. The molecule has 0 aliphatic carbocycles. The smallest absolute Gasteiger partial charge is 0.186 e. The Balaban J connectivity index is 3.23. The summed E-state index contributed by atoms with van der Waals surface area (Å²) in [5, 5.41) is 0. The number of unbranched alkanes of at least 4 members (excludes halogenated alkanes) is 2. The van der Waals surface area contributed by atoms with Gasteiger partial charge in [-0.25, -0.2) is 0 Å². The SMILES string of the molecule is CO[Si](C)(C)CCCCCN. The van der Waals surface area contributed by atoms with Crippen molar-refractivity contribution < 1.29 is 4.43 Å². The molecule has 0 heterocycles. The Morgan fingerprint density at radius 2 is 1.82 bits per heavy atom. The normalized spacial score (nSPS) is 12.0. The summed E-state index contributed by atoms with van der Waals surface area (Å²) in [6.45, 7) is 5.35. The molecule has 0 rings (SSSR count). The third-order valence-corrected chi connectivity index (χ3v) is 4.70. The Labute approximate surface area is 71.3 Å². The second kappa shape index (κ2) is 5.74. The minimum Gasteiger partial charge on any atom is -0.420 e. The van der Waals surface area contributed by atoms with E-state index >= 15 is 0 Å². The third kappa shape index (κ3) is 6.53. The molecule has 0 aliphatic heterocycles. The highest BCUT2D eigenvalue weighted by molar-refractivity contribution is 6.71. The van der Waals surface area contributed by atoms with Crippen molar-refractivity contribution in [1.29, 1.82) is 0 Å². The highest BCUT2D eigenvalue weighted by atomic mass is 28.4. The number of nitrogens with two attached hydrogens (primary N) is 1. The lowest BCUT2D eigenvalue weighted by atomic mass is 10.2. The van der Waals surface area contributed by atoms with Crippen LogP contribution in [0.1, 0.15) is 19.3 Å². The van der Waals surface area contributed by atoms with Crippen LogP contribution in [0.15, 0.2) is 0 Å². The van der Waals surface area contributed by atoms with Crippen molar-refractivity contribution in [3.63, 3.8) is 0 Å². The second-order valence-corrected chi connectivity index (χ2v) is 7.99. The van der Waals surface area contributed by atoms with Crippen molar-refractivity contribution in [3.05, 3.63) is 0 Å². The van der Waals surface area contributed by atoms with Crippen molar-refractivity contribution in [2.75, 3.05) is 13.7 Å². The molecule has 3 heteroatoms. The Morgan fingerprint density at radius 3 is 2.27 bits per heavy atom. The largest absolute Gasteiger partial charge is 0.420 e. The van der Waals surface area contributed by atoms with Crippen LogP contribution in [0.5, 0.6) is 0 Å². The van der Waals surface area contributed by atoms with Gasteiger partial charge >= 0.3 is 0 Å². The molecule has 0 aromatic carbocycles. The maximum absolute atomic E-state index is 5.43. The predicted octanol–water partition coefficient (Wildman–Crippen LogP) is 1.97. The van der Waals surface area contributed by atoms with Crippen LogP contribution >= 0.6 is 0 Å². The topological polar surface area (TPSA) is 35.2 Å². The quantitative estimate of drug-likeness (QED) is 0.495. The molecule has 0 aromatic rings. The van der Waals surface area contributed by atoms with Crippen LogP contribution in [0.3, 0.4) is 0 Å². The first kappa shape index (κ1) is 11.1. The predicted molar refractivity (Wildman–Crippen MR) is 52.2 cm³/mol. The highest BCUT2D eigenvalue weighted by Crippen LogP contribution is 2.14. The Hall–Kier alpha value is 0.137. The molecule has 0 radical (unpaired) electrons. The second-order valence-electron chi connectivity index (χ2n) is 3.56. The van der Waals surface area contributed by atoms with E-state index in [2.05, 4.69) is 13.1 Å². The molecule has 0 spiro atoms. The van der Waals surface area contributed by atoms with Gasteiger partial charge in [0.05, 0.1) is 0 Å². The van der Waals surface area contributed by atoms with E-state index in [1.54, 1.807) is 0 Å². The number of hydrogen-bond donors (Lipinski definition) is 1. The molecule has 2 N–H and O–H groups in total. The van der Waals surface area contributed by atoms with Crippen LogP contribution in [0, 0.1) is 0 Å². The van der Waals surface area contributed by atoms with Gasteiger partial charge in [0.2, 0.25) is 0 Å². The van der Waals surface area contributed by atoms with Crippen molar-refractivity contribution in [1.82, 2.24) is 0 Å². The third-order valence-electron chi connectivity index (χ3n) is 2.04. The molecule has 0 aliphatic rings. The maximum atomic E-state index is 5.43. The van der Waals surface area contributed by atoms with Crippen LogP contribution in [-0.2, 0) is 4.43 Å². The highest BCUT2D eigenvalue weighted by Gasteiger charge is 2.18. The summed E-state index contributed by atoms with van der Waals surface area (Å²) in [6.07, 6.45) is 3.70. The summed E-state index contributed by atoms with van der Waals surface area (Å²) < 4.78 is 5.43. The molecule has 11 heavy (non-hydrogen) atoms. The Bertz CT molecular complexity index is 96.1. The van der Waals surface area contributed by atoms with Gasteiger partial charge in [-0.2, -0.15) is 0 Å². The van der Waals surface area contributed by atoms with E-state index in [1.807, 2.05) is 7.11 Å². The van der Waals surface area contributed by atoms with E-state index in [1.165, 1.54) is 18.9 Å². The lowest BCUT2D eigenvalue weighted by Gasteiger charge is -2.19. The zero-order chi connectivity index (χ0) is 8.74. The molecule has 0 saturated carbocycles. The van der Waals surface area contributed by atoms with Gasteiger partial charge in [-0.05, 0) is 32.1 Å². The number of rotatable bonds is 6. The molecular formula is C8H21NOSi. The van der Waals surface area contributed by atoms with E-state index in [0.29, 0.717) is 0 Å². The summed E-state index contributed by atoms with van der Waals surface area (Å²) in [5.74, 6) is 0. The fourth-order valence-corrected chi connectivity index (χ4v) is 2.28. The van der Waals surface area contributed by atoms with Crippen LogP contribution in [0.25, 0.3) is 0 Å². The molecule has 0 bridgehead atoms. The van der Waals surface area contributed by atoms with Gasteiger partial charge in [0.1, 0.15) is 0 Å². The van der Waals surface area contributed by atoms with E-state index in [0.717, 1.165) is 13.0 Å². The van der Waals surface area contributed by atoms with Gasteiger partial charge in [0, 0.05) is 7.11 Å².